The number of nitrogens with one attached hydrogen (secondary N) is 3. The van der Waals surface area contributed by atoms with Crippen LogP contribution < -0.4 is 10.6 Å². The van der Waals surface area contributed by atoms with E-state index in [0.717, 1.165) is 5.69 Å². The summed E-state index contributed by atoms with van der Waals surface area (Å²) in [7, 11) is 0. The summed E-state index contributed by atoms with van der Waals surface area (Å²) in [6.45, 7) is 0.401. The van der Waals surface area contributed by atoms with Gasteiger partial charge in [0.25, 0.3) is 0 Å². The first kappa shape index (κ1) is 10.2. The molecule has 0 bridgehead atoms. The summed E-state index contributed by atoms with van der Waals surface area (Å²) in [6, 6.07) is 6.80. The number of carbonyl (C=O) groups excluding carboxylic acids is 1. The number of anilines is 1. The third-order valence-electron chi connectivity index (χ3n) is 1.90. The average Bonchev–Trinajstić information content (AvgIpc) is 2.81. The van der Waals surface area contributed by atoms with Gasteiger partial charge >= 0.3 is 6.03 Å². The van der Waals surface area contributed by atoms with Crippen LogP contribution in [0.1, 0.15) is 5.69 Å². The molecule has 0 spiro atoms. The highest BCUT2D eigenvalue weighted by Crippen LogP contribution is 1.99. The molecule has 0 atom stereocenters. The molecule has 2 heterocycles. The molecule has 0 saturated heterocycles. The number of rotatable bonds is 3. The van der Waals surface area contributed by atoms with Crippen molar-refractivity contribution in [3.8, 4) is 0 Å². The third kappa shape index (κ3) is 2.81. The van der Waals surface area contributed by atoms with Crippen LogP contribution in [-0.2, 0) is 6.54 Å². The standard InChI is InChI=1S/C10H11N5O/c16-10(12-7-8-4-6-13-15-8)14-9-3-1-2-5-11-9/h1-6H,7H2,(H,13,15)(H2,11,12,14,16). The summed E-state index contributed by atoms with van der Waals surface area (Å²) < 4.78 is 0. The number of hydrogen-bond donors (Lipinski definition) is 3. The molecule has 16 heavy (non-hydrogen) atoms. The first-order valence-corrected chi connectivity index (χ1v) is 4.79. The predicted octanol–water partition coefficient (Wildman–Crippen LogP) is 1.13. The number of H-pyrrole nitrogens is 1. The molecule has 2 aromatic heterocycles. The Morgan fingerprint density at radius 3 is 2.94 bits per heavy atom. The van der Waals surface area contributed by atoms with Gasteiger partial charge in [0.2, 0.25) is 0 Å². The van der Waals surface area contributed by atoms with Crippen LogP contribution in [0.3, 0.4) is 0 Å². The number of hydrogen-bond acceptors (Lipinski definition) is 3. The highest BCUT2D eigenvalue weighted by Gasteiger charge is 2.01. The lowest BCUT2D eigenvalue weighted by atomic mass is 10.4. The van der Waals surface area contributed by atoms with Crippen molar-refractivity contribution in [2.75, 3.05) is 5.32 Å². The lowest BCUT2D eigenvalue weighted by Crippen LogP contribution is -2.28. The zero-order valence-electron chi connectivity index (χ0n) is 8.47. The van der Waals surface area contributed by atoms with Gasteiger partial charge in [-0.05, 0) is 18.2 Å². The number of aromatic amines is 1. The van der Waals surface area contributed by atoms with E-state index in [-0.39, 0.29) is 6.03 Å². The van der Waals surface area contributed by atoms with E-state index in [1.807, 2.05) is 0 Å². The van der Waals surface area contributed by atoms with Crippen molar-refractivity contribution < 1.29 is 4.79 Å². The summed E-state index contributed by atoms with van der Waals surface area (Å²) in [6.07, 6.45) is 3.25. The van der Waals surface area contributed by atoms with Gasteiger partial charge in [0.05, 0.1) is 12.2 Å². The Morgan fingerprint density at radius 2 is 2.25 bits per heavy atom. The Labute approximate surface area is 92.1 Å². The summed E-state index contributed by atoms with van der Waals surface area (Å²) in [5.41, 5.74) is 0.844. The fourth-order valence-electron chi connectivity index (χ4n) is 1.16. The molecule has 0 aliphatic heterocycles. The molecule has 0 unspecified atom stereocenters. The van der Waals surface area contributed by atoms with E-state index in [1.54, 1.807) is 36.7 Å². The van der Waals surface area contributed by atoms with Crippen LogP contribution in [0.5, 0.6) is 0 Å². The molecule has 3 N–H and O–H groups in total. The van der Waals surface area contributed by atoms with E-state index >= 15 is 0 Å². The van der Waals surface area contributed by atoms with Crippen molar-refractivity contribution in [3.05, 3.63) is 42.4 Å². The fraction of sp³-hybridized carbons (Fsp3) is 0.100. The van der Waals surface area contributed by atoms with E-state index < -0.39 is 0 Å². The lowest BCUT2D eigenvalue weighted by molar-refractivity contribution is 0.251. The number of carbonyl (C=O) groups is 1. The van der Waals surface area contributed by atoms with Crippen LogP contribution in [-0.4, -0.2) is 21.2 Å². The Morgan fingerprint density at radius 1 is 1.31 bits per heavy atom. The molecule has 0 fully saturated rings. The summed E-state index contributed by atoms with van der Waals surface area (Å²) in [4.78, 5) is 15.4. The minimum atomic E-state index is -0.298. The van der Waals surface area contributed by atoms with Gasteiger partial charge in [-0.15, -0.1) is 0 Å². The second kappa shape index (κ2) is 4.92. The van der Waals surface area contributed by atoms with Crippen molar-refractivity contribution in [2.45, 2.75) is 6.54 Å². The zero-order chi connectivity index (χ0) is 11.2. The normalized spacial score (nSPS) is 9.75. The average molecular weight is 217 g/mol. The van der Waals surface area contributed by atoms with Crippen molar-refractivity contribution >= 4 is 11.8 Å². The number of amides is 2. The van der Waals surface area contributed by atoms with Crippen molar-refractivity contribution in [1.29, 1.82) is 0 Å². The lowest BCUT2D eigenvalue weighted by Gasteiger charge is -2.05. The van der Waals surface area contributed by atoms with Crippen LogP contribution in [0, 0.1) is 0 Å². The van der Waals surface area contributed by atoms with Crippen LogP contribution in [0.25, 0.3) is 0 Å². The Kier molecular flexibility index (Phi) is 3.12. The number of pyridine rings is 1. The predicted molar refractivity (Wildman–Crippen MR) is 58.7 cm³/mol. The first-order valence-electron chi connectivity index (χ1n) is 4.79. The topological polar surface area (TPSA) is 82.7 Å². The van der Waals surface area contributed by atoms with Gasteiger partial charge in [0.15, 0.2) is 0 Å². The van der Waals surface area contributed by atoms with Crippen LogP contribution in [0.15, 0.2) is 36.7 Å². The van der Waals surface area contributed by atoms with Gasteiger partial charge < -0.3 is 5.32 Å². The van der Waals surface area contributed by atoms with E-state index in [1.165, 1.54) is 0 Å². The minimum absolute atomic E-state index is 0.298. The van der Waals surface area contributed by atoms with Gasteiger partial charge in [-0.25, -0.2) is 9.78 Å². The Bertz CT molecular complexity index is 439. The number of aromatic nitrogens is 3. The second-order valence-electron chi connectivity index (χ2n) is 3.10. The molecule has 0 aliphatic carbocycles. The molecule has 6 heteroatoms. The van der Waals surface area contributed by atoms with Crippen LogP contribution in [0.4, 0.5) is 10.6 Å². The molecular weight excluding hydrogens is 206 g/mol. The van der Waals surface area contributed by atoms with Crippen molar-refractivity contribution in [1.82, 2.24) is 20.5 Å². The van der Waals surface area contributed by atoms with Crippen LogP contribution >= 0.6 is 0 Å². The molecule has 0 saturated carbocycles. The quantitative estimate of drug-likeness (QED) is 0.720. The molecule has 2 amide bonds. The molecule has 82 valence electrons. The van der Waals surface area contributed by atoms with Gasteiger partial charge in [-0.2, -0.15) is 5.10 Å². The van der Waals surface area contributed by atoms with Gasteiger partial charge in [-0.3, -0.25) is 10.4 Å². The zero-order valence-corrected chi connectivity index (χ0v) is 8.47. The summed E-state index contributed by atoms with van der Waals surface area (Å²) >= 11 is 0. The van der Waals surface area contributed by atoms with Crippen LogP contribution in [0.2, 0.25) is 0 Å². The SMILES string of the molecule is O=C(NCc1ccn[nH]1)Nc1ccccn1. The van der Waals surface area contributed by atoms with Crippen molar-refractivity contribution in [2.24, 2.45) is 0 Å². The van der Waals surface area contributed by atoms with Gasteiger partial charge in [0, 0.05) is 12.4 Å². The highest BCUT2D eigenvalue weighted by atomic mass is 16.2. The summed E-state index contributed by atoms with van der Waals surface area (Å²) in [5, 5.41) is 11.8. The van der Waals surface area contributed by atoms with Crippen molar-refractivity contribution in [3.63, 3.8) is 0 Å². The minimum Gasteiger partial charge on any atom is -0.332 e. The Balaban J connectivity index is 1.81. The van der Waals surface area contributed by atoms with Gasteiger partial charge in [-0.1, -0.05) is 6.07 Å². The maximum absolute atomic E-state index is 11.4. The summed E-state index contributed by atoms with van der Waals surface area (Å²) in [5.74, 6) is 0.518. The maximum atomic E-state index is 11.4. The van der Waals surface area contributed by atoms with Gasteiger partial charge in [0.1, 0.15) is 5.82 Å². The molecular formula is C10H11N5O. The highest BCUT2D eigenvalue weighted by molar-refractivity contribution is 5.87. The fourth-order valence-corrected chi connectivity index (χ4v) is 1.16. The number of urea groups is 1. The van der Waals surface area contributed by atoms with E-state index in [2.05, 4.69) is 25.8 Å². The second-order valence-corrected chi connectivity index (χ2v) is 3.10. The largest absolute Gasteiger partial charge is 0.332 e. The Hall–Kier alpha value is -2.37. The monoisotopic (exact) mass is 217 g/mol. The smallest absolute Gasteiger partial charge is 0.320 e. The molecule has 0 radical (unpaired) electrons. The molecule has 2 rings (SSSR count). The molecule has 0 aliphatic rings. The van der Waals surface area contributed by atoms with E-state index in [4.69, 9.17) is 0 Å². The first-order chi connectivity index (χ1) is 7.84. The molecule has 6 nitrogen and oxygen atoms in total. The third-order valence-corrected chi connectivity index (χ3v) is 1.90. The van der Waals surface area contributed by atoms with E-state index in [0.29, 0.717) is 12.4 Å². The molecule has 2 aromatic rings. The number of nitrogens with zero attached hydrogens (tertiary/aromatic N) is 2. The maximum Gasteiger partial charge on any atom is 0.320 e. The molecule has 0 aromatic carbocycles. The van der Waals surface area contributed by atoms with E-state index in [9.17, 15) is 4.79 Å².